The van der Waals surface area contributed by atoms with Gasteiger partial charge in [-0.1, -0.05) is 28.1 Å². The maximum atomic E-state index is 3.51. The zero-order valence-corrected chi connectivity index (χ0v) is 9.18. The Hall–Kier alpha value is -0.340. The maximum Gasteiger partial charge on any atom is 0.0178 e. The minimum absolute atomic E-state index is 0.703. The van der Waals surface area contributed by atoms with Crippen LogP contribution in [-0.2, 0) is 6.42 Å². The second-order valence-corrected chi connectivity index (χ2v) is 4.54. The summed E-state index contributed by atoms with van der Waals surface area (Å²) in [5.41, 5.74) is 1.42. The lowest BCUT2D eigenvalue weighted by Gasteiger charge is -2.09. The third-order valence-corrected chi connectivity index (χ3v) is 3.03. The number of rotatable bonds is 2. The van der Waals surface area contributed by atoms with Gasteiger partial charge in [0.15, 0.2) is 0 Å². The summed E-state index contributed by atoms with van der Waals surface area (Å²) in [4.78, 5) is 0. The zero-order chi connectivity index (χ0) is 9.10. The molecule has 1 N–H and O–H groups in total. The van der Waals surface area contributed by atoms with Crippen molar-refractivity contribution in [2.45, 2.75) is 25.3 Å². The van der Waals surface area contributed by atoms with Gasteiger partial charge in [0.1, 0.15) is 0 Å². The lowest BCUT2D eigenvalue weighted by Crippen LogP contribution is -2.23. The lowest BCUT2D eigenvalue weighted by molar-refractivity contribution is 0.603. The average molecular weight is 240 g/mol. The zero-order valence-electron chi connectivity index (χ0n) is 7.59. The third-order valence-electron chi connectivity index (χ3n) is 2.53. The van der Waals surface area contributed by atoms with Crippen LogP contribution in [0.5, 0.6) is 0 Å². The minimum Gasteiger partial charge on any atom is -0.314 e. The molecule has 1 fully saturated rings. The van der Waals surface area contributed by atoms with Crippen LogP contribution in [-0.4, -0.2) is 12.6 Å². The van der Waals surface area contributed by atoms with Crippen molar-refractivity contribution in [2.75, 3.05) is 6.54 Å². The number of nitrogens with one attached hydrogen (secondary N) is 1. The highest BCUT2D eigenvalue weighted by molar-refractivity contribution is 9.10. The molecule has 1 aliphatic heterocycles. The van der Waals surface area contributed by atoms with E-state index in [1.165, 1.54) is 35.8 Å². The fourth-order valence-corrected chi connectivity index (χ4v) is 2.33. The van der Waals surface area contributed by atoms with E-state index in [1.54, 1.807) is 0 Å². The number of hydrogen-bond donors (Lipinski definition) is 1. The second kappa shape index (κ2) is 4.25. The van der Waals surface area contributed by atoms with Crippen LogP contribution in [0.25, 0.3) is 0 Å². The van der Waals surface area contributed by atoms with E-state index in [1.807, 2.05) is 0 Å². The molecule has 2 rings (SSSR count). The highest BCUT2D eigenvalue weighted by Crippen LogP contribution is 2.16. The first-order valence-corrected chi connectivity index (χ1v) is 5.62. The molecule has 1 heterocycles. The topological polar surface area (TPSA) is 12.0 Å². The molecule has 0 bridgehead atoms. The van der Waals surface area contributed by atoms with E-state index in [9.17, 15) is 0 Å². The summed E-state index contributed by atoms with van der Waals surface area (Å²) in [6.07, 6.45) is 3.82. The number of hydrogen-bond acceptors (Lipinski definition) is 1. The molecule has 0 aromatic heterocycles. The molecule has 1 atom stereocenters. The van der Waals surface area contributed by atoms with Crippen molar-refractivity contribution in [3.8, 4) is 0 Å². The van der Waals surface area contributed by atoms with E-state index < -0.39 is 0 Å². The Bertz CT molecular complexity index is 279. The standard InChI is InChI=1S/C11H14BrN/c12-10-4-1-3-9(7-10)8-11-5-2-6-13-11/h1,3-4,7,11,13H,2,5-6,8H2/t11-/m1/s1. The Morgan fingerprint density at radius 3 is 3.08 bits per heavy atom. The highest BCUT2D eigenvalue weighted by atomic mass is 79.9. The first-order chi connectivity index (χ1) is 6.34. The molecule has 1 nitrogen and oxygen atoms in total. The average Bonchev–Trinajstić information content (AvgIpc) is 2.57. The van der Waals surface area contributed by atoms with Gasteiger partial charge in [-0.05, 0) is 43.5 Å². The first kappa shape index (κ1) is 9.22. The van der Waals surface area contributed by atoms with E-state index in [2.05, 4.69) is 45.5 Å². The second-order valence-electron chi connectivity index (χ2n) is 3.63. The fourth-order valence-electron chi connectivity index (χ4n) is 1.88. The molecular formula is C11H14BrN. The summed E-state index contributed by atoms with van der Waals surface area (Å²) in [6, 6.07) is 9.29. The van der Waals surface area contributed by atoms with Crippen molar-refractivity contribution < 1.29 is 0 Å². The molecule has 0 spiro atoms. The molecule has 2 heteroatoms. The summed E-state index contributed by atoms with van der Waals surface area (Å²) in [6.45, 7) is 1.19. The number of halogens is 1. The summed E-state index contributed by atoms with van der Waals surface area (Å²) in [7, 11) is 0. The van der Waals surface area contributed by atoms with E-state index >= 15 is 0 Å². The largest absolute Gasteiger partial charge is 0.314 e. The highest BCUT2D eigenvalue weighted by Gasteiger charge is 2.13. The quantitative estimate of drug-likeness (QED) is 0.838. The van der Waals surface area contributed by atoms with Gasteiger partial charge in [-0.25, -0.2) is 0 Å². The van der Waals surface area contributed by atoms with Crippen LogP contribution in [0.1, 0.15) is 18.4 Å². The normalized spacial score (nSPS) is 22.1. The van der Waals surface area contributed by atoms with Gasteiger partial charge in [0.25, 0.3) is 0 Å². The van der Waals surface area contributed by atoms with Gasteiger partial charge in [-0.2, -0.15) is 0 Å². The van der Waals surface area contributed by atoms with Gasteiger partial charge >= 0.3 is 0 Å². The monoisotopic (exact) mass is 239 g/mol. The molecule has 13 heavy (non-hydrogen) atoms. The molecule has 0 saturated carbocycles. The predicted molar refractivity (Wildman–Crippen MR) is 58.9 cm³/mol. The van der Waals surface area contributed by atoms with Crippen LogP contribution in [0.15, 0.2) is 28.7 Å². The van der Waals surface area contributed by atoms with Crippen LogP contribution < -0.4 is 5.32 Å². The van der Waals surface area contributed by atoms with Gasteiger partial charge in [0.05, 0.1) is 0 Å². The van der Waals surface area contributed by atoms with Gasteiger partial charge in [-0.3, -0.25) is 0 Å². The minimum atomic E-state index is 0.703. The van der Waals surface area contributed by atoms with E-state index in [4.69, 9.17) is 0 Å². The van der Waals surface area contributed by atoms with Gasteiger partial charge in [0.2, 0.25) is 0 Å². The molecular weight excluding hydrogens is 226 g/mol. The summed E-state index contributed by atoms with van der Waals surface area (Å²) < 4.78 is 1.18. The maximum absolute atomic E-state index is 3.51. The van der Waals surface area contributed by atoms with Crippen molar-refractivity contribution in [2.24, 2.45) is 0 Å². The number of benzene rings is 1. The van der Waals surface area contributed by atoms with Crippen LogP contribution in [0.4, 0.5) is 0 Å². The molecule has 70 valence electrons. The Morgan fingerprint density at radius 1 is 1.46 bits per heavy atom. The molecule has 0 amide bonds. The van der Waals surface area contributed by atoms with E-state index in [0.717, 1.165) is 0 Å². The third kappa shape index (κ3) is 2.55. The van der Waals surface area contributed by atoms with Crippen LogP contribution >= 0.6 is 15.9 Å². The summed E-state index contributed by atoms with van der Waals surface area (Å²) in [5.74, 6) is 0. The lowest BCUT2D eigenvalue weighted by atomic mass is 10.1. The molecule has 0 radical (unpaired) electrons. The SMILES string of the molecule is Brc1cccc(C[C@H]2CCCN2)c1. The van der Waals surface area contributed by atoms with Crippen molar-refractivity contribution in [1.29, 1.82) is 0 Å². The molecule has 1 aromatic carbocycles. The van der Waals surface area contributed by atoms with Gasteiger partial charge < -0.3 is 5.32 Å². The van der Waals surface area contributed by atoms with Crippen LogP contribution in [0.2, 0.25) is 0 Å². The van der Waals surface area contributed by atoms with Crippen molar-refractivity contribution in [1.82, 2.24) is 5.32 Å². The van der Waals surface area contributed by atoms with Crippen LogP contribution in [0, 0.1) is 0 Å². The Kier molecular flexibility index (Phi) is 3.01. The Labute approximate surface area is 87.7 Å². The summed E-state index contributed by atoms with van der Waals surface area (Å²) >= 11 is 3.49. The predicted octanol–water partition coefficient (Wildman–Crippen LogP) is 2.74. The van der Waals surface area contributed by atoms with E-state index in [0.29, 0.717) is 6.04 Å². The van der Waals surface area contributed by atoms with Crippen molar-refractivity contribution in [3.63, 3.8) is 0 Å². The Morgan fingerprint density at radius 2 is 2.38 bits per heavy atom. The molecule has 0 aliphatic carbocycles. The first-order valence-electron chi connectivity index (χ1n) is 4.82. The van der Waals surface area contributed by atoms with Gasteiger partial charge in [0, 0.05) is 10.5 Å². The fraction of sp³-hybridized carbons (Fsp3) is 0.455. The molecule has 1 aromatic rings. The molecule has 1 aliphatic rings. The van der Waals surface area contributed by atoms with Crippen molar-refractivity contribution >= 4 is 15.9 Å². The van der Waals surface area contributed by atoms with E-state index in [-0.39, 0.29) is 0 Å². The molecule has 0 unspecified atom stereocenters. The Balaban J connectivity index is 2.00. The summed E-state index contributed by atoms with van der Waals surface area (Å²) in [5, 5.41) is 3.51. The molecule has 1 saturated heterocycles. The van der Waals surface area contributed by atoms with Crippen LogP contribution in [0.3, 0.4) is 0 Å². The van der Waals surface area contributed by atoms with Gasteiger partial charge in [-0.15, -0.1) is 0 Å². The van der Waals surface area contributed by atoms with Crippen molar-refractivity contribution in [3.05, 3.63) is 34.3 Å². The smallest absolute Gasteiger partial charge is 0.0178 e.